The first-order valence-corrected chi connectivity index (χ1v) is 7.28. The van der Waals surface area contributed by atoms with Crippen LogP contribution in [0.2, 0.25) is 0 Å². The van der Waals surface area contributed by atoms with E-state index in [1.54, 1.807) is 18.6 Å². The van der Waals surface area contributed by atoms with Crippen LogP contribution < -0.4 is 11.1 Å². The summed E-state index contributed by atoms with van der Waals surface area (Å²) in [5.41, 5.74) is 8.56. The standard InChI is InChI=1S/C17H13N5O2/c1-9-21-14-3-2-10(6-15(14)24-9)12-8-20-16(22-17(18)23)13-7-19-5-4-11(12)13/h2-8H,1H3,(H3,18,20,22,23). The highest BCUT2D eigenvalue weighted by Gasteiger charge is 2.12. The fraction of sp³-hybridized carbons (Fsp3) is 0.0588. The number of hydrogen-bond donors (Lipinski definition) is 2. The molecule has 0 aliphatic carbocycles. The minimum Gasteiger partial charge on any atom is -0.441 e. The fourth-order valence-corrected chi connectivity index (χ4v) is 2.74. The van der Waals surface area contributed by atoms with Crippen molar-refractivity contribution in [1.82, 2.24) is 15.0 Å². The van der Waals surface area contributed by atoms with Gasteiger partial charge >= 0.3 is 6.03 Å². The van der Waals surface area contributed by atoms with Gasteiger partial charge < -0.3 is 10.2 Å². The molecule has 2 amide bonds. The lowest BCUT2D eigenvalue weighted by Gasteiger charge is -2.10. The molecule has 24 heavy (non-hydrogen) atoms. The number of urea groups is 1. The van der Waals surface area contributed by atoms with E-state index in [9.17, 15) is 4.79 Å². The number of pyridine rings is 2. The molecule has 0 aliphatic heterocycles. The van der Waals surface area contributed by atoms with Crippen LogP contribution in [-0.2, 0) is 0 Å². The number of fused-ring (bicyclic) bond motifs is 2. The van der Waals surface area contributed by atoms with Gasteiger partial charge in [-0.25, -0.2) is 14.8 Å². The zero-order chi connectivity index (χ0) is 16.7. The van der Waals surface area contributed by atoms with E-state index in [2.05, 4.69) is 20.3 Å². The van der Waals surface area contributed by atoms with Crippen molar-refractivity contribution < 1.29 is 9.21 Å². The van der Waals surface area contributed by atoms with Crippen LogP contribution in [0.15, 0.2) is 47.3 Å². The lowest BCUT2D eigenvalue weighted by atomic mass is 10.0. The average molecular weight is 319 g/mol. The molecule has 7 nitrogen and oxygen atoms in total. The number of anilines is 1. The van der Waals surface area contributed by atoms with E-state index in [1.165, 1.54) is 0 Å². The second-order valence-electron chi connectivity index (χ2n) is 5.35. The average Bonchev–Trinajstić information content (AvgIpc) is 2.94. The molecule has 0 atom stereocenters. The highest BCUT2D eigenvalue weighted by Crippen LogP contribution is 2.32. The lowest BCUT2D eigenvalue weighted by molar-refractivity contribution is 0.259. The minimum absolute atomic E-state index is 0.380. The predicted octanol–water partition coefficient (Wildman–Crippen LogP) is 3.24. The van der Waals surface area contributed by atoms with Crippen molar-refractivity contribution in [3.05, 3.63) is 48.7 Å². The summed E-state index contributed by atoms with van der Waals surface area (Å²) in [6.45, 7) is 1.81. The smallest absolute Gasteiger partial charge is 0.317 e. The molecule has 0 unspecified atom stereocenters. The van der Waals surface area contributed by atoms with Gasteiger partial charge in [0.15, 0.2) is 11.5 Å². The van der Waals surface area contributed by atoms with Gasteiger partial charge in [-0.05, 0) is 29.1 Å². The van der Waals surface area contributed by atoms with Crippen molar-refractivity contribution in [2.45, 2.75) is 6.92 Å². The Hall–Kier alpha value is -3.48. The summed E-state index contributed by atoms with van der Waals surface area (Å²) in [6, 6.07) is 6.99. The Morgan fingerprint density at radius 1 is 1.21 bits per heavy atom. The maximum Gasteiger partial charge on any atom is 0.317 e. The maximum atomic E-state index is 11.1. The van der Waals surface area contributed by atoms with Gasteiger partial charge in [0.05, 0.1) is 0 Å². The number of hydrogen-bond acceptors (Lipinski definition) is 5. The zero-order valence-electron chi connectivity index (χ0n) is 12.8. The number of amides is 2. The van der Waals surface area contributed by atoms with Crippen molar-refractivity contribution in [2.75, 3.05) is 5.32 Å². The Bertz CT molecular complexity index is 1090. The molecule has 1 aromatic carbocycles. The largest absolute Gasteiger partial charge is 0.441 e. The third-order valence-corrected chi connectivity index (χ3v) is 3.74. The number of nitrogens with one attached hydrogen (secondary N) is 1. The molecule has 0 saturated carbocycles. The van der Waals surface area contributed by atoms with Gasteiger partial charge in [-0.15, -0.1) is 0 Å². The highest BCUT2D eigenvalue weighted by molar-refractivity contribution is 6.05. The van der Waals surface area contributed by atoms with E-state index < -0.39 is 6.03 Å². The number of benzene rings is 1. The second kappa shape index (κ2) is 5.31. The molecule has 0 aliphatic rings. The van der Waals surface area contributed by atoms with Crippen LogP contribution in [0.5, 0.6) is 0 Å². The molecule has 3 heterocycles. The molecule has 4 aromatic rings. The molecule has 118 valence electrons. The third-order valence-electron chi connectivity index (χ3n) is 3.74. The Morgan fingerprint density at radius 2 is 2.08 bits per heavy atom. The first-order valence-electron chi connectivity index (χ1n) is 7.28. The lowest BCUT2D eigenvalue weighted by Crippen LogP contribution is -2.20. The number of aryl methyl sites for hydroxylation is 1. The van der Waals surface area contributed by atoms with E-state index in [0.717, 1.165) is 22.0 Å². The summed E-state index contributed by atoms with van der Waals surface area (Å²) in [5, 5.41) is 4.13. The van der Waals surface area contributed by atoms with Crippen LogP contribution in [0.25, 0.3) is 33.0 Å². The molecule has 0 bridgehead atoms. The zero-order valence-corrected chi connectivity index (χ0v) is 12.8. The second-order valence-corrected chi connectivity index (χ2v) is 5.35. The van der Waals surface area contributed by atoms with Crippen molar-refractivity contribution in [2.24, 2.45) is 5.73 Å². The molecule has 4 rings (SSSR count). The van der Waals surface area contributed by atoms with Gasteiger partial charge in [0.25, 0.3) is 0 Å². The SMILES string of the molecule is Cc1nc2ccc(-c3cnc(NC(N)=O)c4cnccc34)cc2o1. The molecule has 7 heteroatoms. The molecule has 3 N–H and O–H groups in total. The maximum absolute atomic E-state index is 11.1. The number of oxazole rings is 1. The number of rotatable bonds is 2. The van der Waals surface area contributed by atoms with Crippen LogP contribution in [-0.4, -0.2) is 21.0 Å². The number of carbonyl (C=O) groups excluding carboxylic acids is 1. The molecule has 0 saturated heterocycles. The number of nitrogens with two attached hydrogens (primary N) is 1. The van der Waals surface area contributed by atoms with Gasteiger partial charge in [-0.2, -0.15) is 0 Å². The van der Waals surface area contributed by atoms with E-state index in [0.29, 0.717) is 22.7 Å². The molecular weight excluding hydrogens is 306 g/mol. The number of nitrogens with zero attached hydrogens (tertiary/aromatic N) is 3. The van der Waals surface area contributed by atoms with Gasteiger partial charge in [-0.1, -0.05) is 6.07 Å². The quantitative estimate of drug-likeness (QED) is 0.590. The minimum atomic E-state index is -0.668. The van der Waals surface area contributed by atoms with E-state index in [-0.39, 0.29) is 0 Å². The Balaban J connectivity index is 1.93. The van der Waals surface area contributed by atoms with Crippen LogP contribution in [0, 0.1) is 6.92 Å². The summed E-state index contributed by atoms with van der Waals surface area (Å²) in [6.07, 6.45) is 5.03. The van der Waals surface area contributed by atoms with Gasteiger partial charge in [0, 0.05) is 36.5 Å². The number of aromatic nitrogens is 3. The van der Waals surface area contributed by atoms with Gasteiger partial charge in [-0.3, -0.25) is 10.3 Å². The fourth-order valence-electron chi connectivity index (χ4n) is 2.74. The highest BCUT2D eigenvalue weighted by atomic mass is 16.3. The van der Waals surface area contributed by atoms with E-state index >= 15 is 0 Å². The first kappa shape index (κ1) is 14.1. The predicted molar refractivity (Wildman–Crippen MR) is 90.5 cm³/mol. The summed E-state index contributed by atoms with van der Waals surface area (Å²) < 4.78 is 5.60. The Labute approximate surface area is 136 Å². The van der Waals surface area contributed by atoms with Gasteiger partial charge in [0.1, 0.15) is 11.3 Å². The van der Waals surface area contributed by atoms with Crippen LogP contribution in [0.1, 0.15) is 5.89 Å². The summed E-state index contributed by atoms with van der Waals surface area (Å²) >= 11 is 0. The van der Waals surface area contributed by atoms with Crippen LogP contribution in [0.4, 0.5) is 10.6 Å². The van der Waals surface area contributed by atoms with E-state index in [4.69, 9.17) is 10.2 Å². The topological polar surface area (TPSA) is 107 Å². The van der Waals surface area contributed by atoms with Crippen molar-refractivity contribution in [3.63, 3.8) is 0 Å². The van der Waals surface area contributed by atoms with Crippen molar-refractivity contribution in [1.29, 1.82) is 0 Å². The molecular formula is C17H13N5O2. The normalized spacial score (nSPS) is 11.0. The summed E-state index contributed by atoms with van der Waals surface area (Å²) in [4.78, 5) is 23.9. The molecule has 0 radical (unpaired) electrons. The van der Waals surface area contributed by atoms with Gasteiger partial charge in [0.2, 0.25) is 0 Å². The Morgan fingerprint density at radius 3 is 2.92 bits per heavy atom. The molecule has 0 fully saturated rings. The van der Waals surface area contributed by atoms with Crippen LogP contribution >= 0.6 is 0 Å². The third kappa shape index (κ3) is 2.32. The molecule has 0 spiro atoms. The van der Waals surface area contributed by atoms with Crippen molar-refractivity contribution in [3.8, 4) is 11.1 Å². The van der Waals surface area contributed by atoms with E-state index in [1.807, 2.05) is 31.2 Å². The van der Waals surface area contributed by atoms with Crippen molar-refractivity contribution >= 4 is 33.7 Å². The first-order chi connectivity index (χ1) is 11.6. The number of primary amides is 1. The monoisotopic (exact) mass is 319 g/mol. The number of carbonyl (C=O) groups is 1. The summed E-state index contributed by atoms with van der Waals surface area (Å²) in [5.74, 6) is 1.00. The van der Waals surface area contributed by atoms with Crippen LogP contribution in [0.3, 0.4) is 0 Å². The molecule has 3 aromatic heterocycles. The Kier molecular flexibility index (Phi) is 3.13. The summed E-state index contributed by atoms with van der Waals surface area (Å²) in [7, 11) is 0.